The second kappa shape index (κ2) is 8.09. The van der Waals surface area contributed by atoms with Gasteiger partial charge in [0.05, 0.1) is 7.11 Å². The fourth-order valence-electron chi connectivity index (χ4n) is 2.97. The molecule has 0 spiro atoms. The van der Waals surface area contributed by atoms with E-state index in [9.17, 15) is 8.78 Å². The van der Waals surface area contributed by atoms with Crippen LogP contribution in [0.3, 0.4) is 0 Å². The highest BCUT2D eigenvalue weighted by Crippen LogP contribution is 2.30. The number of benzene rings is 2. The molecule has 29 heavy (non-hydrogen) atoms. The van der Waals surface area contributed by atoms with Crippen molar-refractivity contribution in [2.24, 2.45) is 0 Å². The topological polar surface area (TPSA) is 73.6 Å². The van der Waals surface area contributed by atoms with Crippen LogP contribution in [-0.2, 0) is 6.54 Å². The van der Waals surface area contributed by atoms with Crippen molar-refractivity contribution in [3.8, 4) is 22.6 Å². The second-order valence-electron chi connectivity index (χ2n) is 6.06. The Balaban J connectivity index is 1.70. The van der Waals surface area contributed by atoms with Gasteiger partial charge in [0.2, 0.25) is 0 Å². The van der Waals surface area contributed by atoms with E-state index in [1.54, 1.807) is 36.0 Å². The monoisotopic (exact) mass is 397 g/mol. The lowest BCUT2D eigenvalue weighted by Crippen LogP contribution is -2.10. The van der Waals surface area contributed by atoms with Crippen molar-refractivity contribution in [3.05, 3.63) is 66.6 Å². The van der Waals surface area contributed by atoms with Crippen LogP contribution >= 0.6 is 0 Å². The summed E-state index contributed by atoms with van der Waals surface area (Å²) in [5.74, 6) is 1.90. The maximum Gasteiger partial charge on any atom is 0.387 e. The summed E-state index contributed by atoms with van der Waals surface area (Å²) in [4.78, 5) is 8.44. The number of aromatic nitrogens is 4. The van der Waals surface area contributed by atoms with E-state index in [1.807, 2.05) is 24.3 Å². The first-order chi connectivity index (χ1) is 14.2. The summed E-state index contributed by atoms with van der Waals surface area (Å²) in [5, 5.41) is 7.49. The van der Waals surface area contributed by atoms with Gasteiger partial charge in [0, 0.05) is 23.9 Å². The highest BCUT2D eigenvalue weighted by Gasteiger charge is 2.14. The van der Waals surface area contributed by atoms with Gasteiger partial charge in [0.15, 0.2) is 0 Å². The number of ether oxygens (including phenoxy) is 2. The van der Waals surface area contributed by atoms with Crippen molar-refractivity contribution in [2.45, 2.75) is 13.2 Å². The summed E-state index contributed by atoms with van der Waals surface area (Å²) in [7, 11) is 1.60. The first-order valence-corrected chi connectivity index (χ1v) is 8.75. The number of hydrogen-bond acceptors (Lipinski definition) is 6. The Hall–Kier alpha value is -3.75. The zero-order chi connectivity index (χ0) is 20.2. The number of fused-ring (bicyclic) bond motifs is 1. The SMILES string of the molecule is COc1ccc(-c2cnc3ncnn3c2NCc2ccccc2OC(F)F)cc1. The number of nitrogens with one attached hydrogen (secondary N) is 1. The van der Waals surface area contributed by atoms with Crippen LogP contribution in [-0.4, -0.2) is 33.3 Å². The quantitative estimate of drug-likeness (QED) is 0.508. The Labute approximate surface area is 164 Å². The number of hydrogen-bond donors (Lipinski definition) is 1. The maximum atomic E-state index is 12.7. The van der Waals surface area contributed by atoms with E-state index in [1.165, 1.54) is 12.4 Å². The lowest BCUT2D eigenvalue weighted by Gasteiger charge is -2.15. The minimum absolute atomic E-state index is 0.116. The highest BCUT2D eigenvalue weighted by atomic mass is 19.3. The van der Waals surface area contributed by atoms with Gasteiger partial charge in [-0.1, -0.05) is 30.3 Å². The van der Waals surface area contributed by atoms with Crippen LogP contribution in [0.2, 0.25) is 0 Å². The molecule has 7 nitrogen and oxygen atoms in total. The molecule has 0 aliphatic rings. The largest absolute Gasteiger partial charge is 0.497 e. The van der Waals surface area contributed by atoms with E-state index in [2.05, 4.69) is 25.1 Å². The summed E-state index contributed by atoms with van der Waals surface area (Å²) in [5.41, 5.74) is 2.24. The number of alkyl halides is 2. The van der Waals surface area contributed by atoms with Crippen LogP contribution in [0.5, 0.6) is 11.5 Å². The van der Waals surface area contributed by atoms with Crippen LogP contribution in [0.25, 0.3) is 16.9 Å². The molecule has 0 atom stereocenters. The Morgan fingerprint density at radius 1 is 1.07 bits per heavy atom. The summed E-state index contributed by atoms with van der Waals surface area (Å²) in [6, 6.07) is 14.1. The predicted octanol–water partition coefficient (Wildman–Crippen LogP) is 4.01. The van der Waals surface area contributed by atoms with Crippen LogP contribution in [0.15, 0.2) is 61.1 Å². The second-order valence-corrected chi connectivity index (χ2v) is 6.06. The molecule has 2 aromatic carbocycles. The number of para-hydroxylation sites is 1. The zero-order valence-corrected chi connectivity index (χ0v) is 15.4. The van der Waals surface area contributed by atoms with Crippen molar-refractivity contribution in [1.29, 1.82) is 0 Å². The molecule has 0 aliphatic heterocycles. The average molecular weight is 397 g/mol. The lowest BCUT2D eigenvalue weighted by molar-refractivity contribution is -0.0504. The van der Waals surface area contributed by atoms with Crippen molar-refractivity contribution >= 4 is 11.6 Å². The third-order valence-electron chi connectivity index (χ3n) is 4.34. The van der Waals surface area contributed by atoms with E-state index in [-0.39, 0.29) is 12.3 Å². The number of halogens is 2. The maximum absolute atomic E-state index is 12.7. The van der Waals surface area contributed by atoms with E-state index < -0.39 is 6.61 Å². The number of methoxy groups -OCH3 is 1. The normalized spacial score (nSPS) is 11.0. The Morgan fingerprint density at radius 3 is 2.62 bits per heavy atom. The first kappa shape index (κ1) is 18.6. The molecule has 0 unspecified atom stereocenters. The lowest BCUT2D eigenvalue weighted by atomic mass is 10.1. The van der Waals surface area contributed by atoms with Gasteiger partial charge in [0.25, 0.3) is 5.78 Å². The molecule has 148 valence electrons. The van der Waals surface area contributed by atoms with E-state index >= 15 is 0 Å². The van der Waals surface area contributed by atoms with E-state index in [0.29, 0.717) is 17.2 Å². The van der Waals surface area contributed by atoms with Gasteiger partial charge in [-0.15, -0.1) is 0 Å². The Kier molecular flexibility index (Phi) is 5.19. The molecule has 0 saturated carbocycles. The van der Waals surface area contributed by atoms with E-state index in [4.69, 9.17) is 4.74 Å². The molecular formula is C20H17F2N5O2. The fourth-order valence-corrected chi connectivity index (χ4v) is 2.97. The van der Waals surface area contributed by atoms with Gasteiger partial charge in [-0.3, -0.25) is 0 Å². The molecule has 0 bridgehead atoms. The van der Waals surface area contributed by atoms with Crippen LogP contribution in [0.4, 0.5) is 14.6 Å². The molecule has 1 N–H and O–H groups in total. The molecule has 0 amide bonds. The number of nitrogens with zero attached hydrogens (tertiary/aromatic N) is 4. The van der Waals surface area contributed by atoms with Crippen LogP contribution in [0, 0.1) is 0 Å². The van der Waals surface area contributed by atoms with Crippen LogP contribution in [0.1, 0.15) is 5.56 Å². The molecule has 0 aliphatic carbocycles. The third-order valence-corrected chi connectivity index (χ3v) is 4.34. The van der Waals surface area contributed by atoms with Crippen LogP contribution < -0.4 is 14.8 Å². The molecule has 4 rings (SSSR count). The van der Waals surface area contributed by atoms with Crippen molar-refractivity contribution in [2.75, 3.05) is 12.4 Å². The number of rotatable bonds is 7. The predicted molar refractivity (Wildman–Crippen MR) is 103 cm³/mol. The minimum Gasteiger partial charge on any atom is -0.497 e. The smallest absolute Gasteiger partial charge is 0.387 e. The minimum atomic E-state index is -2.89. The molecule has 2 aromatic heterocycles. The molecule has 0 radical (unpaired) electrons. The summed E-state index contributed by atoms with van der Waals surface area (Å²) >= 11 is 0. The average Bonchev–Trinajstić information content (AvgIpc) is 3.22. The molecule has 0 saturated heterocycles. The van der Waals surface area contributed by atoms with Gasteiger partial charge in [-0.25, -0.2) is 4.98 Å². The van der Waals surface area contributed by atoms with Gasteiger partial charge in [-0.05, 0) is 23.8 Å². The third kappa shape index (κ3) is 3.93. The van der Waals surface area contributed by atoms with Crippen molar-refractivity contribution < 1.29 is 18.3 Å². The van der Waals surface area contributed by atoms with E-state index in [0.717, 1.165) is 16.9 Å². The van der Waals surface area contributed by atoms with Gasteiger partial charge in [0.1, 0.15) is 23.6 Å². The van der Waals surface area contributed by atoms with Crippen molar-refractivity contribution in [1.82, 2.24) is 19.6 Å². The highest BCUT2D eigenvalue weighted by molar-refractivity contribution is 5.76. The fraction of sp³-hybridized carbons (Fsp3) is 0.150. The molecule has 0 fully saturated rings. The summed E-state index contributed by atoms with van der Waals surface area (Å²) in [6.07, 6.45) is 3.09. The zero-order valence-electron chi connectivity index (χ0n) is 15.4. The first-order valence-electron chi connectivity index (χ1n) is 8.75. The van der Waals surface area contributed by atoms with Gasteiger partial charge in [-0.2, -0.15) is 23.4 Å². The number of anilines is 1. The van der Waals surface area contributed by atoms with Crippen molar-refractivity contribution in [3.63, 3.8) is 0 Å². The Morgan fingerprint density at radius 2 is 1.86 bits per heavy atom. The molecule has 9 heteroatoms. The molecular weight excluding hydrogens is 380 g/mol. The van der Waals surface area contributed by atoms with Gasteiger partial charge < -0.3 is 14.8 Å². The molecule has 2 heterocycles. The summed E-state index contributed by atoms with van der Waals surface area (Å²) in [6.45, 7) is -2.65. The molecule has 4 aromatic rings. The van der Waals surface area contributed by atoms with Gasteiger partial charge >= 0.3 is 6.61 Å². The standard InChI is InChI=1S/C20H17F2N5O2/c1-28-15-8-6-13(7-9-15)16-11-24-20-25-12-26-27(20)18(16)23-10-14-4-2-3-5-17(14)29-19(21)22/h2-9,11-12,19,23H,10H2,1H3. The Bertz CT molecular complexity index is 1120. The summed E-state index contributed by atoms with van der Waals surface area (Å²) < 4.78 is 36.8.